The molecule has 0 spiro atoms. The van der Waals surface area contributed by atoms with E-state index in [-0.39, 0.29) is 11.9 Å². The van der Waals surface area contributed by atoms with Gasteiger partial charge in [0.05, 0.1) is 25.2 Å². The molecular formula is C27H29N3O2. The molecule has 3 aromatic rings. The summed E-state index contributed by atoms with van der Waals surface area (Å²) in [5.41, 5.74) is 7.83. The number of aryl methyl sites for hydroxylation is 3. The Morgan fingerprint density at radius 2 is 2.00 bits per heavy atom. The molecule has 1 saturated heterocycles. The van der Waals surface area contributed by atoms with Crippen LogP contribution < -0.4 is 4.74 Å². The van der Waals surface area contributed by atoms with Crippen LogP contribution in [-0.2, 0) is 11.2 Å². The SMILES string of the molecule is COc1ccc2c(c1)CC[C@@H]2N1CCC/C(=C\c2ccc(-n3cnc(C)c3)c(C)c2)C1=O. The second kappa shape index (κ2) is 8.30. The van der Waals surface area contributed by atoms with Gasteiger partial charge in [-0.3, -0.25) is 4.79 Å². The van der Waals surface area contributed by atoms with Gasteiger partial charge in [-0.1, -0.05) is 12.1 Å². The Labute approximate surface area is 189 Å². The Hall–Kier alpha value is -3.34. The fourth-order valence-electron chi connectivity index (χ4n) is 5.10. The lowest BCUT2D eigenvalue weighted by Crippen LogP contribution is -2.39. The average Bonchev–Trinajstić information content (AvgIpc) is 3.41. The van der Waals surface area contributed by atoms with Crippen molar-refractivity contribution < 1.29 is 9.53 Å². The first-order valence-electron chi connectivity index (χ1n) is 11.3. The molecule has 2 heterocycles. The molecule has 2 aliphatic rings. The molecule has 5 nitrogen and oxygen atoms in total. The highest BCUT2D eigenvalue weighted by Crippen LogP contribution is 2.40. The van der Waals surface area contributed by atoms with Crippen molar-refractivity contribution in [3.05, 3.63) is 82.4 Å². The minimum Gasteiger partial charge on any atom is -0.497 e. The number of amides is 1. The summed E-state index contributed by atoms with van der Waals surface area (Å²) in [5.74, 6) is 1.07. The number of aromatic nitrogens is 2. The molecule has 1 aromatic heterocycles. The van der Waals surface area contributed by atoms with Crippen LogP contribution in [0.15, 0.2) is 54.5 Å². The van der Waals surface area contributed by atoms with Crippen LogP contribution >= 0.6 is 0 Å². The van der Waals surface area contributed by atoms with Crippen LogP contribution in [0, 0.1) is 13.8 Å². The molecule has 1 aliphatic heterocycles. The summed E-state index contributed by atoms with van der Waals surface area (Å²) in [6.45, 7) is 4.92. The lowest BCUT2D eigenvalue weighted by atomic mass is 9.97. The minimum absolute atomic E-state index is 0.167. The monoisotopic (exact) mass is 427 g/mol. The number of ether oxygens (including phenoxy) is 1. The summed E-state index contributed by atoms with van der Waals surface area (Å²) in [5, 5.41) is 0. The molecule has 0 bridgehead atoms. The number of likely N-dealkylation sites (tertiary alicyclic amines) is 1. The summed E-state index contributed by atoms with van der Waals surface area (Å²) in [4.78, 5) is 19.9. The van der Waals surface area contributed by atoms with Crippen molar-refractivity contribution in [2.45, 2.75) is 45.6 Å². The zero-order valence-electron chi connectivity index (χ0n) is 19.0. The molecule has 164 valence electrons. The number of nitrogens with zero attached hydrogens (tertiary/aromatic N) is 3. The molecule has 32 heavy (non-hydrogen) atoms. The molecule has 1 atom stereocenters. The first-order chi connectivity index (χ1) is 15.5. The van der Waals surface area contributed by atoms with Crippen LogP contribution in [0.25, 0.3) is 11.8 Å². The van der Waals surface area contributed by atoms with Crippen LogP contribution in [0.2, 0.25) is 0 Å². The van der Waals surface area contributed by atoms with Crippen molar-refractivity contribution in [1.82, 2.24) is 14.5 Å². The van der Waals surface area contributed by atoms with Crippen molar-refractivity contribution in [2.75, 3.05) is 13.7 Å². The van der Waals surface area contributed by atoms with E-state index < -0.39 is 0 Å². The number of carbonyl (C=O) groups is 1. The van der Waals surface area contributed by atoms with Gasteiger partial charge in [-0.15, -0.1) is 0 Å². The largest absolute Gasteiger partial charge is 0.497 e. The van der Waals surface area contributed by atoms with Gasteiger partial charge in [0, 0.05) is 24.0 Å². The van der Waals surface area contributed by atoms with E-state index >= 15 is 0 Å². The maximum Gasteiger partial charge on any atom is 0.250 e. The Kier molecular flexibility index (Phi) is 5.33. The summed E-state index contributed by atoms with van der Waals surface area (Å²) >= 11 is 0. The van der Waals surface area contributed by atoms with Crippen LogP contribution in [0.1, 0.15) is 53.3 Å². The number of imidazole rings is 1. The summed E-state index contributed by atoms with van der Waals surface area (Å²) < 4.78 is 7.42. The van der Waals surface area contributed by atoms with Crippen LogP contribution in [-0.4, -0.2) is 34.0 Å². The fraction of sp³-hybridized carbons (Fsp3) is 0.333. The van der Waals surface area contributed by atoms with Gasteiger partial charge in [0.15, 0.2) is 0 Å². The van der Waals surface area contributed by atoms with Gasteiger partial charge in [0.25, 0.3) is 0 Å². The van der Waals surface area contributed by atoms with Crippen molar-refractivity contribution in [1.29, 1.82) is 0 Å². The Bertz CT molecular complexity index is 1210. The fourth-order valence-corrected chi connectivity index (χ4v) is 5.10. The number of benzene rings is 2. The summed E-state index contributed by atoms with van der Waals surface area (Å²) in [7, 11) is 1.70. The maximum absolute atomic E-state index is 13.4. The molecular weight excluding hydrogens is 398 g/mol. The number of rotatable bonds is 4. The Morgan fingerprint density at radius 3 is 2.75 bits per heavy atom. The number of piperidine rings is 1. The Balaban J connectivity index is 1.39. The lowest BCUT2D eigenvalue weighted by molar-refractivity contribution is -0.131. The second-order valence-corrected chi connectivity index (χ2v) is 8.86. The predicted molar refractivity (Wildman–Crippen MR) is 126 cm³/mol. The maximum atomic E-state index is 13.4. The minimum atomic E-state index is 0.167. The Morgan fingerprint density at radius 1 is 1.12 bits per heavy atom. The van der Waals surface area contributed by atoms with Crippen LogP contribution in [0.5, 0.6) is 5.75 Å². The van der Waals surface area contributed by atoms with E-state index in [1.807, 2.05) is 30.1 Å². The molecule has 1 aliphatic carbocycles. The van der Waals surface area contributed by atoms with E-state index in [9.17, 15) is 4.79 Å². The summed E-state index contributed by atoms with van der Waals surface area (Å²) in [6, 6.07) is 12.8. The van der Waals surface area contributed by atoms with Crippen molar-refractivity contribution in [3.8, 4) is 11.4 Å². The van der Waals surface area contributed by atoms with E-state index in [0.29, 0.717) is 0 Å². The average molecular weight is 428 g/mol. The van der Waals surface area contributed by atoms with Crippen molar-refractivity contribution >= 4 is 12.0 Å². The van der Waals surface area contributed by atoms with Gasteiger partial charge in [0.1, 0.15) is 5.75 Å². The molecule has 0 N–H and O–H groups in total. The first kappa shape index (κ1) is 20.6. The molecule has 5 rings (SSSR count). The van der Waals surface area contributed by atoms with Gasteiger partial charge in [0.2, 0.25) is 5.91 Å². The quantitative estimate of drug-likeness (QED) is 0.538. The van der Waals surface area contributed by atoms with Crippen molar-refractivity contribution in [3.63, 3.8) is 0 Å². The number of hydrogen-bond acceptors (Lipinski definition) is 3. The third kappa shape index (κ3) is 3.72. The number of fused-ring (bicyclic) bond motifs is 1. The van der Waals surface area contributed by atoms with Crippen LogP contribution in [0.3, 0.4) is 0 Å². The highest BCUT2D eigenvalue weighted by atomic mass is 16.5. The molecule has 0 unspecified atom stereocenters. The van der Waals surface area contributed by atoms with Gasteiger partial charge in [-0.2, -0.15) is 0 Å². The zero-order valence-corrected chi connectivity index (χ0v) is 19.0. The molecule has 2 aromatic carbocycles. The highest BCUT2D eigenvalue weighted by Gasteiger charge is 2.34. The normalized spacial score (nSPS) is 19.5. The van der Waals surface area contributed by atoms with Gasteiger partial charge >= 0.3 is 0 Å². The predicted octanol–water partition coefficient (Wildman–Crippen LogP) is 5.19. The van der Waals surface area contributed by atoms with E-state index in [0.717, 1.165) is 66.1 Å². The molecule has 5 heteroatoms. The molecule has 1 fully saturated rings. The van der Waals surface area contributed by atoms with Gasteiger partial charge in [-0.05, 0) is 92.1 Å². The molecule has 0 radical (unpaired) electrons. The number of hydrogen-bond donors (Lipinski definition) is 0. The van der Waals surface area contributed by atoms with Gasteiger partial charge in [-0.25, -0.2) is 4.98 Å². The molecule has 0 saturated carbocycles. The second-order valence-electron chi connectivity index (χ2n) is 8.86. The lowest BCUT2D eigenvalue weighted by Gasteiger charge is -2.34. The number of methoxy groups -OCH3 is 1. The number of carbonyl (C=O) groups excluding carboxylic acids is 1. The van der Waals surface area contributed by atoms with E-state index in [4.69, 9.17) is 4.74 Å². The zero-order chi connectivity index (χ0) is 22.2. The van der Waals surface area contributed by atoms with E-state index in [2.05, 4.69) is 53.2 Å². The van der Waals surface area contributed by atoms with Crippen molar-refractivity contribution in [2.24, 2.45) is 0 Å². The first-order valence-corrected chi connectivity index (χ1v) is 11.3. The van der Waals surface area contributed by atoms with E-state index in [1.54, 1.807) is 7.11 Å². The third-order valence-corrected chi connectivity index (χ3v) is 6.70. The van der Waals surface area contributed by atoms with Crippen LogP contribution in [0.4, 0.5) is 0 Å². The highest BCUT2D eigenvalue weighted by molar-refractivity contribution is 5.98. The van der Waals surface area contributed by atoms with Gasteiger partial charge < -0.3 is 14.2 Å². The molecule has 1 amide bonds. The summed E-state index contributed by atoms with van der Waals surface area (Å²) in [6.07, 6.45) is 9.76. The standard InChI is InChI=1S/C27H29N3O2/c1-18-13-20(6-10-25(18)29-16-19(2)28-17-29)14-22-5-4-12-30(27(22)31)26-11-7-21-15-23(32-3)8-9-24(21)26/h6,8-10,13-17,26H,4-5,7,11-12H2,1-3H3/b22-14+/t26-/m0/s1. The topological polar surface area (TPSA) is 47.4 Å². The smallest absolute Gasteiger partial charge is 0.250 e. The third-order valence-electron chi connectivity index (χ3n) is 6.70. The van der Waals surface area contributed by atoms with E-state index in [1.165, 1.54) is 11.1 Å².